The van der Waals surface area contributed by atoms with E-state index in [9.17, 15) is 14.9 Å². The molecule has 3 aromatic rings. The number of aromatic nitrogens is 1. The Hall–Kier alpha value is -3.63. The molecule has 2 amide bonds. The minimum absolute atomic E-state index is 0.185. The van der Waals surface area contributed by atoms with Crippen LogP contribution in [0.1, 0.15) is 54.2 Å². The lowest BCUT2D eigenvalue weighted by Gasteiger charge is -2.18. The molecule has 1 atom stereocenters. The number of amides is 2. The molecule has 2 aromatic carbocycles. The van der Waals surface area contributed by atoms with Crippen molar-refractivity contribution < 1.29 is 14.3 Å². The Kier molecular flexibility index (Phi) is 8.22. The van der Waals surface area contributed by atoms with Gasteiger partial charge in [0, 0.05) is 36.6 Å². The van der Waals surface area contributed by atoms with Crippen molar-refractivity contribution in [3.63, 3.8) is 0 Å². The molecular formula is C26H30N4O3. The van der Waals surface area contributed by atoms with E-state index in [4.69, 9.17) is 4.74 Å². The van der Waals surface area contributed by atoms with E-state index in [0.717, 1.165) is 35.7 Å². The van der Waals surface area contributed by atoms with Gasteiger partial charge in [-0.05, 0) is 61.0 Å². The number of unbranched alkanes of at least 4 members (excludes halogenated alkanes) is 1. The topological polar surface area (TPSA) is 96.2 Å². The van der Waals surface area contributed by atoms with Gasteiger partial charge >= 0.3 is 0 Å². The molecule has 172 valence electrons. The zero-order valence-electron chi connectivity index (χ0n) is 19.4. The third-order valence-corrected chi connectivity index (χ3v) is 5.67. The van der Waals surface area contributed by atoms with E-state index in [1.54, 1.807) is 31.4 Å². The zero-order valence-corrected chi connectivity index (χ0v) is 19.4. The Morgan fingerprint density at radius 2 is 2.00 bits per heavy atom. The zero-order chi connectivity index (χ0) is 23.8. The molecule has 0 radical (unpaired) electrons. The Bertz CT molecular complexity index is 1180. The molecule has 3 rings (SSSR count). The van der Waals surface area contributed by atoms with Crippen LogP contribution in [0.3, 0.4) is 0 Å². The number of nitriles is 1. The summed E-state index contributed by atoms with van der Waals surface area (Å²) in [5.74, 6) is -0.372. The molecule has 0 aliphatic heterocycles. The van der Waals surface area contributed by atoms with Crippen LogP contribution >= 0.6 is 0 Å². The highest BCUT2D eigenvalue weighted by Crippen LogP contribution is 2.25. The van der Waals surface area contributed by atoms with E-state index in [-0.39, 0.29) is 11.8 Å². The van der Waals surface area contributed by atoms with Crippen LogP contribution in [0.5, 0.6) is 0 Å². The minimum atomic E-state index is -0.515. The normalized spacial score (nSPS) is 11.7. The van der Waals surface area contributed by atoms with E-state index in [2.05, 4.69) is 23.6 Å². The third kappa shape index (κ3) is 5.79. The van der Waals surface area contributed by atoms with E-state index >= 15 is 0 Å². The fourth-order valence-electron chi connectivity index (χ4n) is 3.71. The molecule has 1 unspecified atom stereocenters. The summed E-state index contributed by atoms with van der Waals surface area (Å²) < 4.78 is 6.83. The van der Waals surface area contributed by atoms with Gasteiger partial charge in [-0.3, -0.25) is 9.59 Å². The van der Waals surface area contributed by atoms with E-state index in [1.807, 2.05) is 35.9 Å². The average molecular weight is 447 g/mol. The summed E-state index contributed by atoms with van der Waals surface area (Å²) in [7, 11) is 1.58. The standard InChI is InChI=1S/C26H30N4O3/c1-4-5-6-20-8-7-19(17-27)15-23(20)29-25(31)18(2)30-13-11-21-9-10-22(16-24(21)30)26(32)28-12-14-33-3/h7-11,13,15-16,18H,4-6,12,14H2,1-3H3,(H,28,32)(H,29,31). The number of rotatable bonds is 10. The molecule has 7 nitrogen and oxygen atoms in total. The van der Waals surface area contributed by atoms with Crippen molar-refractivity contribution in [1.29, 1.82) is 5.26 Å². The number of aryl methyl sites for hydroxylation is 1. The first-order valence-corrected chi connectivity index (χ1v) is 11.2. The Morgan fingerprint density at radius 3 is 2.73 bits per heavy atom. The molecular weight excluding hydrogens is 416 g/mol. The summed E-state index contributed by atoms with van der Waals surface area (Å²) >= 11 is 0. The van der Waals surface area contributed by atoms with Crippen molar-refractivity contribution in [1.82, 2.24) is 9.88 Å². The highest BCUT2D eigenvalue weighted by atomic mass is 16.5. The van der Waals surface area contributed by atoms with Crippen molar-refractivity contribution in [2.75, 3.05) is 25.6 Å². The number of nitrogens with one attached hydrogen (secondary N) is 2. The lowest BCUT2D eigenvalue weighted by molar-refractivity contribution is -0.118. The van der Waals surface area contributed by atoms with Crippen LogP contribution in [-0.4, -0.2) is 36.6 Å². The molecule has 0 spiro atoms. The van der Waals surface area contributed by atoms with Crippen LogP contribution in [0.15, 0.2) is 48.7 Å². The van der Waals surface area contributed by atoms with Crippen LogP contribution in [-0.2, 0) is 16.0 Å². The molecule has 0 saturated carbocycles. The van der Waals surface area contributed by atoms with Crippen molar-refractivity contribution in [3.05, 3.63) is 65.4 Å². The van der Waals surface area contributed by atoms with Gasteiger partial charge in [-0.2, -0.15) is 5.26 Å². The summed E-state index contributed by atoms with van der Waals surface area (Å²) in [5, 5.41) is 16.0. The molecule has 0 aliphatic carbocycles. The second-order valence-corrected chi connectivity index (χ2v) is 8.00. The summed E-state index contributed by atoms with van der Waals surface area (Å²) in [5.41, 5.74) is 3.52. The maximum Gasteiger partial charge on any atom is 0.251 e. The summed E-state index contributed by atoms with van der Waals surface area (Å²) in [6.07, 6.45) is 4.73. The molecule has 1 aromatic heterocycles. The molecule has 0 aliphatic rings. The highest BCUT2D eigenvalue weighted by molar-refractivity contribution is 5.99. The van der Waals surface area contributed by atoms with Gasteiger partial charge in [-0.15, -0.1) is 0 Å². The average Bonchev–Trinajstić information content (AvgIpc) is 3.26. The van der Waals surface area contributed by atoms with Crippen molar-refractivity contribution in [2.24, 2.45) is 0 Å². The number of carbonyl (C=O) groups is 2. The van der Waals surface area contributed by atoms with Crippen molar-refractivity contribution in [3.8, 4) is 6.07 Å². The number of benzene rings is 2. The smallest absolute Gasteiger partial charge is 0.251 e. The van der Waals surface area contributed by atoms with E-state index in [0.29, 0.717) is 30.0 Å². The highest BCUT2D eigenvalue weighted by Gasteiger charge is 2.19. The fraction of sp³-hybridized carbons (Fsp3) is 0.346. The number of anilines is 1. The van der Waals surface area contributed by atoms with Crippen LogP contribution < -0.4 is 10.6 Å². The van der Waals surface area contributed by atoms with Gasteiger partial charge in [-0.25, -0.2) is 0 Å². The molecule has 1 heterocycles. The van der Waals surface area contributed by atoms with Crippen LogP contribution in [0.4, 0.5) is 5.69 Å². The third-order valence-electron chi connectivity index (χ3n) is 5.67. The largest absolute Gasteiger partial charge is 0.383 e. The maximum atomic E-state index is 13.2. The Balaban J connectivity index is 1.83. The second kappa shape index (κ2) is 11.3. The number of hydrogen-bond donors (Lipinski definition) is 2. The lowest BCUT2D eigenvalue weighted by Crippen LogP contribution is -2.27. The number of carbonyl (C=O) groups excluding carboxylic acids is 2. The molecule has 0 bridgehead atoms. The second-order valence-electron chi connectivity index (χ2n) is 8.00. The predicted octanol–water partition coefficient (Wildman–Crippen LogP) is 4.43. The number of hydrogen-bond acceptors (Lipinski definition) is 4. The summed E-state index contributed by atoms with van der Waals surface area (Å²) in [6.45, 7) is 4.80. The number of ether oxygens (including phenoxy) is 1. The van der Waals surface area contributed by atoms with Gasteiger partial charge in [0.1, 0.15) is 6.04 Å². The molecule has 2 N–H and O–H groups in total. The predicted molar refractivity (Wildman–Crippen MR) is 129 cm³/mol. The summed E-state index contributed by atoms with van der Waals surface area (Å²) in [6, 6.07) is 14.4. The van der Waals surface area contributed by atoms with E-state index < -0.39 is 6.04 Å². The van der Waals surface area contributed by atoms with Crippen LogP contribution in [0, 0.1) is 11.3 Å². The number of nitrogens with zero attached hydrogens (tertiary/aromatic N) is 2. The first-order chi connectivity index (χ1) is 16.0. The molecule has 0 saturated heterocycles. The quantitative estimate of drug-likeness (QED) is 0.450. The van der Waals surface area contributed by atoms with Crippen molar-refractivity contribution >= 4 is 28.4 Å². The first kappa shape index (κ1) is 24.0. The molecule has 0 fully saturated rings. The SMILES string of the molecule is CCCCc1ccc(C#N)cc1NC(=O)C(C)n1ccc2ccc(C(=O)NCCOC)cc21. The van der Waals surface area contributed by atoms with Gasteiger partial charge in [0.05, 0.1) is 18.2 Å². The number of fused-ring (bicyclic) bond motifs is 1. The van der Waals surface area contributed by atoms with Gasteiger partial charge in [0.2, 0.25) is 5.91 Å². The fourth-order valence-corrected chi connectivity index (χ4v) is 3.71. The Labute approximate surface area is 194 Å². The molecule has 33 heavy (non-hydrogen) atoms. The maximum absolute atomic E-state index is 13.2. The van der Waals surface area contributed by atoms with Crippen LogP contribution in [0.25, 0.3) is 10.9 Å². The Morgan fingerprint density at radius 1 is 1.18 bits per heavy atom. The van der Waals surface area contributed by atoms with Crippen LogP contribution in [0.2, 0.25) is 0 Å². The van der Waals surface area contributed by atoms with Gasteiger partial charge < -0.3 is 19.9 Å². The minimum Gasteiger partial charge on any atom is -0.383 e. The lowest BCUT2D eigenvalue weighted by atomic mass is 10.0. The van der Waals surface area contributed by atoms with Gasteiger partial charge in [0.15, 0.2) is 0 Å². The monoisotopic (exact) mass is 446 g/mol. The number of methoxy groups -OCH3 is 1. The van der Waals surface area contributed by atoms with Gasteiger partial charge in [-0.1, -0.05) is 25.5 Å². The summed E-state index contributed by atoms with van der Waals surface area (Å²) in [4.78, 5) is 25.6. The molecule has 7 heteroatoms. The van der Waals surface area contributed by atoms with E-state index in [1.165, 1.54) is 0 Å². The van der Waals surface area contributed by atoms with Gasteiger partial charge in [0.25, 0.3) is 5.91 Å². The van der Waals surface area contributed by atoms with Crippen molar-refractivity contribution in [2.45, 2.75) is 39.2 Å². The first-order valence-electron chi connectivity index (χ1n) is 11.2.